The van der Waals surface area contributed by atoms with Crippen molar-refractivity contribution in [1.29, 1.82) is 0 Å². The van der Waals surface area contributed by atoms with Gasteiger partial charge in [-0.15, -0.1) is 0 Å². The van der Waals surface area contributed by atoms with Crippen LogP contribution in [0.3, 0.4) is 0 Å². The predicted molar refractivity (Wildman–Crippen MR) is 107 cm³/mol. The highest BCUT2D eigenvalue weighted by molar-refractivity contribution is 5.79. The molecule has 2 aliphatic heterocycles. The van der Waals surface area contributed by atoms with Crippen LogP contribution < -0.4 is 9.80 Å². The molecule has 1 aromatic carbocycles. The molecule has 6 nitrogen and oxygen atoms in total. The van der Waals surface area contributed by atoms with E-state index in [1.807, 2.05) is 42.2 Å². The second kappa shape index (κ2) is 7.94. The zero-order valence-corrected chi connectivity index (χ0v) is 16.0. The summed E-state index contributed by atoms with van der Waals surface area (Å²) in [4.78, 5) is 28.5. The SMILES string of the molecule is Cc1cc(N2CCCC2)nc(N2CCN(C(=O)Cc3ccccc3)CC2)n1. The van der Waals surface area contributed by atoms with E-state index in [4.69, 9.17) is 4.98 Å². The summed E-state index contributed by atoms with van der Waals surface area (Å²) in [5.41, 5.74) is 2.08. The van der Waals surface area contributed by atoms with E-state index in [0.29, 0.717) is 6.42 Å². The van der Waals surface area contributed by atoms with Gasteiger partial charge in [0.1, 0.15) is 5.82 Å². The van der Waals surface area contributed by atoms with E-state index < -0.39 is 0 Å². The van der Waals surface area contributed by atoms with Gasteiger partial charge in [0, 0.05) is 51.0 Å². The molecule has 0 N–H and O–H groups in total. The molecule has 0 aliphatic carbocycles. The van der Waals surface area contributed by atoms with E-state index in [0.717, 1.165) is 62.3 Å². The molecule has 0 saturated carbocycles. The molecule has 27 heavy (non-hydrogen) atoms. The molecule has 4 rings (SSSR count). The fraction of sp³-hybridized carbons (Fsp3) is 0.476. The molecular weight excluding hydrogens is 338 g/mol. The number of piperazine rings is 1. The average molecular weight is 365 g/mol. The van der Waals surface area contributed by atoms with Crippen LogP contribution in [0.1, 0.15) is 24.1 Å². The molecule has 0 bridgehead atoms. The Balaban J connectivity index is 1.38. The summed E-state index contributed by atoms with van der Waals surface area (Å²) in [5.74, 6) is 2.04. The molecule has 0 radical (unpaired) electrons. The van der Waals surface area contributed by atoms with E-state index in [2.05, 4.69) is 20.9 Å². The Morgan fingerprint density at radius 1 is 0.926 bits per heavy atom. The molecule has 1 aromatic heterocycles. The second-order valence-electron chi connectivity index (χ2n) is 7.39. The third-order valence-electron chi connectivity index (χ3n) is 5.37. The maximum Gasteiger partial charge on any atom is 0.227 e. The second-order valence-corrected chi connectivity index (χ2v) is 7.39. The number of nitrogens with zero attached hydrogens (tertiary/aromatic N) is 5. The van der Waals surface area contributed by atoms with E-state index in [1.165, 1.54) is 12.8 Å². The largest absolute Gasteiger partial charge is 0.356 e. The van der Waals surface area contributed by atoms with E-state index >= 15 is 0 Å². The maximum absolute atomic E-state index is 12.6. The first-order valence-electron chi connectivity index (χ1n) is 9.86. The quantitative estimate of drug-likeness (QED) is 0.832. The van der Waals surface area contributed by atoms with E-state index in [-0.39, 0.29) is 5.91 Å². The van der Waals surface area contributed by atoms with Crippen molar-refractivity contribution in [1.82, 2.24) is 14.9 Å². The lowest BCUT2D eigenvalue weighted by atomic mass is 10.1. The van der Waals surface area contributed by atoms with Crippen LogP contribution in [-0.2, 0) is 11.2 Å². The number of carbonyl (C=O) groups excluding carboxylic acids is 1. The van der Waals surface area contributed by atoms with Gasteiger partial charge in [0.05, 0.1) is 6.42 Å². The summed E-state index contributed by atoms with van der Waals surface area (Å²) in [7, 11) is 0. The number of hydrogen-bond acceptors (Lipinski definition) is 5. The Bertz CT molecular complexity index is 780. The topological polar surface area (TPSA) is 52.6 Å². The standard InChI is InChI=1S/C21H27N5O/c1-17-15-19(24-9-5-6-10-24)23-21(22-17)26-13-11-25(12-14-26)20(27)16-18-7-3-2-4-8-18/h2-4,7-8,15H,5-6,9-14,16H2,1H3. The molecule has 2 fully saturated rings. The van der Waals surface area contributed by atoms with Gasteiger partial charge in [-0.05, 0) is 25.3 Å². The van der Waals surface area contributed by atoms with Crippen LogP contribution in [0.4, 0.5) is 11.8 Å². The van der Waals surface area contributed by atoms with Crippen LogP contribution in [0, 0.1) is 6.92 Å². The van der Waals surface area contributed by atoms with Crippen molar-refractivity contribution in [2.75, 3.05) is 49.1 Å². The molecule has 2 saturated heterocycles. The Kier molecular flexibility index (Phi) is 5.23. The van der Waals surface area contributed by atoms with Gasteiger partial charge in [-0.2, -0.15) is 4.98 Å². The van der Waals surface area contributed by atoms with Gasteiger partial charge in [0.25, 0.3) is 0 Å². The monoisotopic (exact) mass is 365 g/mol. The highest BCUT2D eigenvalue weighted by atomic mass is 16.2. The number of anilines is 2. The Labute approximate surface area is 160 Å². The van der Waals surface area contributed by atoms with Crippen LogP contribution in [0.5, 0.6) is 0 Å². The highest BCUT2D eigenvalue weighted by Crippen LogP contribution is 2.22. The molecule has 2 aliphatic rings. The number of hydrogen-bond donors (Lipinski definition) is 0. The van der Waals surface area contributed by atoms with Gasteiger partial charge in [-0.3, -0.25) is 4.79 Å². The Hall–Kier alpha value is -2.63. The fourth-order valence-electron chi connectivity index (χ4n) is 3.82. The van der Waals surface area contributed by atoms with Crippen molar-refractivity contribution in [2.45, 2.75) is 26.2 Å². The van der Waals surface area contributed by atoms with Crippen LogP contribution >= 0.6 is 0 Å². The summed E-state index contributed by atoms with van der Waals surface area (Å²) in [6, 6.07) is 12.0. The number of aryl methyl sites for hydroxylation is 1. The first-order chi connectivity index (χ1) is 13.2. The van der Waals surface area contributed by atoms with Crippen molar-refractivity contribution in [3.05, 3.63) is 47.7 Å². The summed E-state index contributed by atoms with van der Waals surface area (Å²) in [6.45, 7) is 7.20. The first-order valence-corrected chi connectivity index (χ1v) is 9.86. The van der Waals surface area contributed by atoms with Gasteiger partial charge in [-0.1, -0.05) is 30.3 Å². The summed E-state index contributed by atoms with van der Waals surface area (Å²) in [5, 5.41) is 0. The highest BCUT2D eigenvalue weighted by Gasteiger charge is 2.24. The average Bonchev–Trinajstić information content (AvgIpc) is 3.23. The van der Waals surface area contributed by atoms with Crippen molar-refractivity contribution >= 4 is 17.7 Å². The lowest BCUT2D eigenvalue weighted by Gasteiger charge is -2.35. The molecule has 6 heteroatoms. The molecule has 142 valence electrons. The molecule has 1 amide bonds. The molecular formula is C21H27N5O. The minimum Gasteiger partial charge on any atom is -0.356 e. The number of carbonyl (C=O) groups is 1. The molecule has 0 spiro atoms. The fourth-order valence-corrected chi connectivity index (χ4v) is 3.82. The number of aromatic nitrogens is 2. The van der Waals surface area contributed by atoms with E-state index in [1.54, 1.807) is 0 Å². The number of benzene rings is 1. The Morgan fingerprint density at radius 2 is 1.63 bits per heavy atom. The smallest absolute Gasteiger partial charge is 0.227 e. The predicted octanol–water partition coefficient (Wildman–Crippen LogP) is 2.28. The minimum atomic E-state index is 0.198. The van der Waals surface area contributed by atoms with E-state index in [9.17, 15) is 4.79 Å². The third-order valence-corrected chi connectivity index (χ3v) is 5.37. The van der Waals surface area contributed by atoms with Crippen LogP contribution in [-0.4, -0.2) is 60.0 Å². The lowest BCUT2D eigenvalue weighted by Crippen LogP contribution is -2.49. The van der Waals surface area contributed by atoms with Gasteiger partial charge in [0.2, 0.25) is 11.9 Å². The normalized spacial score (nSPS) is 17.4. The minimum absolute atomic E-state index is 0.198. The number of amides is 1. The maximum atomic E-state index is 12.6. The zero-order chi connectivity index (χ0) is 18.6. The van der Waals surface area contributed by atoms with Crippen molar-refractivity contribution in [3.8, 4) is 0 Å². The first kappa shape index (κ1) is 17.8. The zero-order valence-electron chi connectivity index (χ0n) is 16.0. The van der Waals surface area contributed by atoms with Crippen molar-refractivity contribution < 1.29 is 4.79 Å². The van der Waals surface area contributed by atoms with Crippen LogP contribution in [0.2, 0.25) is 0 Å². The summed E-state index contributed by atoms with van der Waals surface area (Å²) in [6.07, 6.45) is 2.95. The molecule has 0 atom stereocenters. The third kappa shape index (κ3) is 4.21. The van der Waals surface area contributed by atoms with Gasteiger partial charge in [-0.25, -0.2) is 4.98 Å². The van der Waals surface area contributed by atoms with Crippen molar-refractivity contribution in [3.63, 3.8) is 0 Å². The van der Waals surface area contributed by atoms with Gasteiger partial charge >= 0.3 is 0 Å². The number of rotatable bonds is 4. The molecule has 3 heterocycles. The van der Waals surface area contributed by atoms with Gasteiger partial charge in [0.15, 0.2) is 0 Å². The molecule has 0 unspecified atom stereocenters. The van der Waals surface area contributed by atoms with Crippen LogP contribution in [0.15, 0.2) is 36.4 Å². The summed E-state index contributed by atoms with van der Waals surface area (Å²) < 4.78 is 0. The van der Waals surface area contributed by atoms with Crippen LogP contribution in [0.25, 0.3) is 0 Å². The van der Waals surface area contributed by atoms with Gasteiger partial charge < -0.3 is 14.7 Å². The summed E-state index contributed by atoms with van der Waals surface area (Å²) >= 11 is 0. The Morgan fingerprint density at radius 3 is 2.33 bits per heavy atom. The molecule has 2 aromatic rings. The van der Waals surface area contributed by atoms with Crippen molar-refractivity contribution in [2.24, 2.45) is 0 Å². The lowest BCUT2D eigenvalue weighted by molar-refractivity contribution is -0.130.